The van der Waals surface area contributed by atoms with Crippen LogP contribution in [0.25, 0.3) is 5.57 Å². The molecule has 0 unspecified atom stereocenters. The van der Waals surface area contributed by atoms with Crippen molar-refractivity contribution in [3.05, 3.63) is 21.8 Å². The predicted octanol–water partition coefficient (Wildman–Crippen LogP) is 2.72. The Kier molecular flexibility index (Phi) is 5.46. The standard InChI is InChI=1S/C18H28N4O2S/c1-18(2,3)14-12-25-17(20-14)15-13(23)11-22(16(15)19)6-4-5-21-7-9-24-10-8-21/h12,19,23H,4-11H2,1-3H3. The highest BCUT2D eigenvalue weighted by Crippen LogP contribution is 2.32. The van der Waals surface area contributed by atoms with E-state index >= 15 is 0 Å². The molecule has 2 aliphatic rings. The molecule has 2 N–H and O–H groups in total. The maximum absolute atomic E-state index is 10.4. The Hall–Kier alpha value is -1.44. The van der Waals surface area contributed by atoms with Crippen molar-refractivity contribution in [1.82, 2.24) is 14.8 Å². The van der Waals surface area contributed by atoms with Crippen LogP contribution < -0.4 is 0 Å². The second kappa shape index (κ2) is 7.43. The molecule has 138 valence electrons. The molecule has 0 bridgehead atoms. The third-order valence-electron chi connectivity index (χ3n) is 4.67. The van der Waals surface area contributed by atoms with Crippen molar-refractivity contribution in [2.24, 2.45) is 0 Å². The molecule has 2 aliphatic heterocycles. The number of rotatable bonds is 5. The van der Waals surface area contributed by atoms with Gasteiger partial charge in [-0.05, 0) is 6.42 Å². The fourth-order valence-corrected chi connectivity index (χ4v) is 4.21. The van der Waals surface area contributed by atoms with E-state index in [-0.39, 0.29) is 11.2 Å². The average molecular weight is 365 g/mol. The van der Waals surface area contributed by atoms with Gasteiger partial charge in [0.05, 0.1) is 31.0 Å². The molecule has 6 nitrogen and oxygen atoms in total. The fraction of sp³-hybridized carbons (Fsp3) is 0.667. The van der Waals surface area contributed by atoms with Crippen molar-refractivity contribution < 1.29 is 9.84 Å². The van der Waals surface area contributed by atoms with Crippen LogP contribution in [0.3, 0.4) is 0 Å². The highest BCUT2D eigenvalue weighted by atomic mass is 32.1. The first-order chi connectivity index (χ1) is 11.9. The number of nitrogens with one attached hydrogen (secondary N) is 1. The molecule has 1 aromatic rings. The highest BCUT2D eigenvalue weighted by molar-refractivity contribution is 7.11. The number of morpholine rings is 1. The SMILES string of the molecule is CC(C)(C)c1csc(C2=C(O)CN(CCCN3CCOCC3)C2=N)n1. The summed E-state index contributed by atoms with van der Waals surface area (Å²) in [4.78, 5) is 9.01. The number of nitrogens with zero attached hydrogens (tertiary/aromatic N) is 3. The van der Waals surface area contributed by atoms with Gasteiger partial charge in [-0.15, -0.1) is 11.3 Å². The van der Waals surface area contributed by atoms with Crippen molar-refractivity contribution in [3.63, 3.8) is 0 Å². The quantitative estimate of drug-likeness (QED) is 0.840. The lowest BCUT2D eigenvalue weighted by Crippen LogP contribution is -2.38. The fourth-order valence-electron chi connectivity index (χ4n) is 3.09. The molecule has 0 atom stereocenters. The summed E-state index contributed by atoms with van der Waals surface area (Å²) in [5.74, 6) is 0.667. The normalized spacial score (nSPS) is 20.0. The lowest BCUT2D eigenvalue weighted by molar-refractivity contribution is 0.0368. The summed E-state index contributed by atoms with van der Waals surface area (Å²) in [6.07, 6.45) is 0.980. The van der Waals surface area contributed by atoms with Gasteiger partial charge in [0.25, 0.3) is 0 Å². The van der Waals surface area contributed by atoms with E-state index in [9.17, 15) is 5.11 Å². The minimum absolute atomic E-state index is 0.0242. The van der Waals surface area contributed by atoms with Crippen LogP contribution >= 0.6 is 11.3 Å². The van der Waals surface area contributed by atoms with Gasteiger partial charge < -0.3 is 14.7 Å². The minimum atomic E-state index is -0.0242. The molecule has 0 radical (unpaired) electrons. The van der Waals surface area contributed by atoms with Gasteiger partial charge in [-0.3, -0.25) is 10.3 Å². The largest absolute Gasteiger partial charge is 0.510 e. The number of hydrogen-bond acceptors (Lipinski definition) is 6. The number of ether oxygens (including phenoxy) is 1. The lowest BCUT2D eigenvalue weighted by atomic mass is 9.93. The maximum atomic E-state index is 10.4. The van der Waals surface area contributed by atoms with Crippen LogP contribution in [0.5, 0.6) is 0 Å². The first-order valence-corrected chi connectivity index (χ1v) is 9.76. The van der Waals surface area contributed by atoms with Crippen molar-refractivity contribution in [2.45, 2.75) is 32.6 Å². The monoisotopic (exact) mass is 364 g/mol. The number of thiazole rings is 1. The molecule has 0 aromatic carbocycles. The summed E-state index contributed by atoms with van der Waals surface area (Å²) >= 11 is 1.51. The van der Waals surface area contributed by atoms with Crippen LogP contribution in [0, 0.1) is 5.41 Å². The van der Waals surface area contributed by atoms with Crippen molar-refractivity contribution >= 4 is 22.7 Å². The highest BCUT2D eigenvalue weighted by Gasteiger charge is 2.31. The third-order valence-corrected chi connectivity index (χ3v) is 5.53. The van der Waals surface area contributed by atoms with E-state index in [0.717, 1.165) is 56.5 Å². The summed E-state index contributed by atoms with van der Waals surface area (Å²) in [5, 5.41) is 21.6. The second-order valence-electron chi connectivity index (χ2n) is 7.69. The molecule has 1 fully saturated rings. The smallest absolute Gasteiger partial charge is 0.135 e. The van der Waals surface area contributed by atoms with E-state index in [1.54, 1.807) is 0 Å². The molecule has 0 aliphatic carbocycles. The van der Waals surface area contributed by atoms with Crippen molar-refractivity contribution in [3.8, 4) is 0 Å². The zero-order chi connectivity index (χ0) is 18.0. The molecule has 3 heterocycles. The Morgan fingerprint density at radius 1 is 1.28 bits per heavy atom. The van der Waals surface area contributed by atoms with Gasteiger partial charge in [-0.2, -0.15) is 0 Å². The summed E-state index contributed by atoms with van der Waals surface area (Å²) in [5.41, 5.74) is 1.59. The molecular weight excluding hydrogens is 336 g/mol. The molecule has 25 heavy (non-hydrogen) atoms. The Morgan fingerprint density at radius 2 is 2.00 bits per heavy atom. The first kappa shape index (κ1) is 18.4. The maximum Gasteiger partial charge on any atom is 0.135 e. The molecule has 1 saturated heterocycles. The van der Waals surface area contributed by atoms with Crippen LogP contribution in [0.4, 0.5) is 0 Å². The van der Waals surface area contributed by atoms with Gasteiger partial charge in [0.1, 0.15) is 16.6 Å². The molecule has 7 heteroatoms. The first-order valence-electron chi connectivity index (χ1n) is 8.88. The number of amidine groups is 1. The van der Waals surface area contributed by atoms with Gasteiger partial charge in [0.2, 0.25) is 0 Å². The summed E-state index contributed by atoms with van der Waals surface area (Å²) < 4.78 is 5.37. The van der Waals surface area contributed by atoms with E-state index in [1.807, 2.05) is 10.3 Å². The Balaban J connectivity index is 1.58. The van der Waals surface area contributed by atoms with Crippen molar-refractivity contribution in [1.29, 1.82) is 5.41 Å². The molecule has 0 spiro atoms. The lowest BCUT2D eigenvalue weighted by Gasteiger charge is -2.27. The summed E-state index contributed by atoms with van der Waals surface area (Å²) in [7, 11) is 0. The van der Waals surface area contributed by atoms with E-state index in [0.29, 0.717) is 18.0 Å². The second-order valence-corrected chi connectivity index (χ2v) is 8.55. The molecule has 0 amide bonds. The number of aliphatic hydroxyl groups excluding tert-OH is 1. The Bertz CT molecular complexity index is 656. The van der Waals surface area contributed by atoms with Crippen molar-refractivity contribution in [2.75, 3.05) is 45.9 Å². The Labute approximate surface area is 153 Å². The van der Waals surface area contributed by atoms with Crippen LogP contribution in [-0.2, 0) is 10.2 Å². The number of aliphatic hydroxyl groups is 1. The van der Waals surface area contributed by atoms with Gasteiger partial charge in [-0.1, -0.05) is 20.8 Å². The van der Waals surface area contributed by atoms with Gasteiger partial charge in [0.15, 0.2) is 0 Å². The molecule has 1 aromatic heterocycles. The molecular formula is C18H28N4O2S. The van der Waals surface area contributed by atoms with Crippen LogP contribution in [0.1, 0.15) is 37.9 Å². The summed E-state index contributed by atoms with van der Waals surface area (Å²) in [6, 6.07) is 0. The zero-order valence-corrected chi connectivity index (χ0v) is 16.2. The summed E-state index contributed by atoms with van der Waals surface area (Å²) in [6.45, 7) is 12.2. The van der Waals surface area contributed by atoms with Crippen LogP contribution in [-0.4, -0.2) is 71.7 Å². The molecule has 0 saturated carbocycles. The zero-order valence-electron chi connectivity index (χ0n) is 15.3. The van der Waals surface area contributed by atoms with Crippen LogP contribution in [0.15, 0.2) is 11.1 Å². The molecule has 3 rings (SSSR count). The topological polar surface area (TPSA) is 72.7 Å². The number of hydrogen-bond donors (Lipinski definition) is 2. The third kappa shape index (κ3) is 4.22. The van der Waals surface area contributed by atoms with Crippen LogP contribution in [0.2, 0.25) is 0 Å². The van der Waals surface area contributed by atoms with E-state index < -0.39 is 0 Å². The predicted molar refractivity (Wildman–Crippen MR) is 102 cm³/mol. The van der Waals surface area contributed by atoms with Gasteiger partial charge in [-0.25, -0.2) is 4.98 Å². The van der Waals surface area contributed by atoms with E-state index in [2.05, 4.69) is 30.7 Å². The van der Waals surface area contributed by atoms with Gasteiger partial charge in [0, 0.05) is 37.0 Å². The van der Waals surface area contributed by atoms with Gasteiger partial charge >= 0.3 is 0 Å². The van der Waals surface area contributed by atoms with E-state index in [1.165, 1.54) is 11.3 Å². The minimum Gasteiger partial charge on any atom is -0.510 e. The average Bonchev–Trinajstić information content (AvgIpc) is 3.14. The number of aromatic nitrogens is 1. The van der Waals surface area contributed by atoms with E-state index in [4.69, 9.17) is 10.1 Å². The Morgan fingerprint density at radius 3 is 2.64 bits per heavy atom.